The third kappa shape index (κ3) is 3.68. The molecule has 0 radical (unpaired) electrons. The molecule has 0 aliphatic heterocycles. The van der Waals surface area contributed by atoms with Gasteiger partial charge in [-0.3, -0.25) is 4.79 Å². The van der Waals surface area contributed by atoms with Crippen molar-refractivity contribution < 1.29 is 13.2 Å². The van der Waals surface area contributed by atoms with Gasteiger partial charge < -0.3 is 11.1 Å². The van der Waals surface area contributed by atoms with Crippen molar-refractivity contribution in [1.29, 1.82) is 0 Å². The van der Waals surface area contributed by atoms with E-state index < -0.39 is 21.8 Å². The van der Waals surface area contributed by atoms with E-state index in [1.54, 1.807) is 12.1 Å². The number of anilines is 1. The molecule has 0 aromatic heterocycles. The first-order valence-corrected chi connectivity index (χ1v) is 7.22. The van der Waals surface area contributed by atoms with Gasteiger partial charge >= 0.3 is 0 Å². The van der Waals surface area contributed by atoms with Crippen LogP contribution in [0.15, 0.2) is 41.8 Å². The van der Waals surface area contributed by atoms with Crippen molar-refractivity contribution in [3.8, 4) is 0 Å². The number of carbonyl (C=O) groups is 1. The molecular formula is C12H16N2O3S. The normalized spacial score (nSPS) is 12.8. The van der Waals surface area contributed by atoms with Gasteiger partial charge in [-0.15, -0.1) is 6.58 Å². The molecule has 1 aromatic carbocycles. The number of sulfone groups is 1. The lowest BCUT2D eigenvalue weighted by Crippen LogP contribution is -2.35. The maximum Gasteiger partial charge on any atom is 0.241 e. The Hall–Kier alpha value is -1.66. The summed E-state index contributed by atoms with van der Waals surface area (Å²) in [4.78, 5) is 11.8. The zero-order chi connectivity index (χ0) is 13.8. The summed E-state index contributed by atoms with van der Waals surface area (Å²) < 4.78 is 23.1. The van der Waals surface area contributed by atoms with Crippen molar-refractivity contribution in [2.45, 2.75) is 17.4 Å². The molecule has 0 saturated heterocycles. The molecule has 1 aromatic rings. The highest BCUT2D eigenvalue weighted by atomic mass is 32.2. The Morgan fingerprint density at radius 1 is 1.50 bits per heavy atom. The van der Waals surface area contributed by atoms with Gasteiger partial charge in [-0.2, -0.15) is 0 Å². The molecule has 6 heteroatoms. The summed E-state index contributed by atoms with van der Waals surface area (Å²) in [5, 5.41) is 2.51. The van der Waals surface area contributed by atoms with E-state index in [4.69, 9.17) is 5.73 Å². The van der Waals surface area contributed by atoms with Crippen molar-refractivity contribution in [1.82, 2.24) is 0 Å². The average Bonchev–Trinajstić information content (AvgIpc) is 2.28. The van der Waals surface area contributed by atoms with E-state index >= 15 is 0 Å². The summed E-state index contributed by atoms with van der Waals surface area (Å²) in [6, 6.07) is 5.45. The fraction of sp³-hybridized carbons (Fsp3) is 0.250. The summed E-state index contributed by atoms with van der Waals surface area (Å²) in [5.41, 5.74) is 5.84. The molecule has 5 nitrogen and oxygen atoms in total. The topological polar surface area (TPSA) is 89.3 Å². The second kappa shape index (κ2) is 5.79. The molecule has 1 atom stereocenters. The monoisotopic (exact) mass is 268 g/mol. The third-order valence-corrected chi connectivity index (χ3v) is 3.46. The Morgan fingerprint density at radius 3 is 2.67 bits per heavy atom. The number of para-hydroxylation sites is 1. The zero-order valence-electron chi connectivity index (χ0n) is 10.1. The number of nitrogens with two attached hydrogens (primary N) is 1. The van der Waals surface area contributed by atoms with Crippen LogP contribution in [0.5, 0.6) is 0 Å². The minimum Gasteiger partial charge on any atom is -0.324 e. The van der Waals surface area contributed by atoms with Gasteiger partial charge in [-0.05, 0) is 18.6 Å². The number of amides is 1. The highest BCUT2D eigenvalue weighted by Crippen LogP contribution is 2.20. The van der Waals surface area contributed by atoms with Crippen LogP contribution in [0.4, 0.5) is 5.69 Å². The molecule has 0 bridgehead atoms. The Morgan fingerprint density at radius 2 is 2.11 bits per heavy atom. The van der Waals surface area contributed by atoms with Gasteiger partial charge in [0.25, 0.3) is 0 Å². The van der Waals surface area contributed by atoms with Crippen molar-refractivity contribution in [3.63, 3.8) is 0 Å². The molecule has 3 N–H and O–H groups in total. The predicted octanol–water partition coefficient (Wildman–Crippen LogP) is 0.932. The van der Waals surface area contributed by atoms with Crippen LogP contribution < -0.4 is 11.1 Å². The number of hydrogen-bond donors (Lipinski definition) is 2. The maximum absolute atomic E-state index is 11.7. The molecule has 18 heavy (non-hydrogen) atoms. The van der Waals surface area contributed by atoms with E-state index in [0.717, 1.165) is 6.26 Å². The van der Waals surface area contributed by atoms with Crippen LogP contribution in [0.3, 0.4) is 0 Å². The first-order valence-electron chi connectivity index (χ1n) is 5.32. The second-order valence-electron chi connectivity index (χ2n) is 3.89. The van der Waals surface area contributed by atoms with Gasteiger partial charge in [-0.1, -0.05) is 18.2 Å². The number of nitrogens with one attached hydrogen (secondary N) is 1. The van der Waals surface area contributed by atoms with Gasteiger partial charge in [-0.25, -0.2) is 8.42 Å². The van der Waals surface area contributed by atoms with Gasteiger partial charge in [0.05, 0.1) is 16.6 Å². The lowest BCUT2D eigenvalue weighted by molar-refractivity contribution is -0.117. The minimum absolute atomic E-state index is 0.0733. The van der Waals surface area contributed by atoms with Gasteiger partial charge in [0.15, 0.2) is 9.84 Å². The van der Waals surface area contributed by atoms with Crippen LogP contribution in [0.1, 0.15) is 6.42 Å². The standard InChI is InChI=1S/C12H16N2O3S/c1-3-6-9(13)12(15)14-10-7-4-5-8-11(10)18(2,16)17/h3-5,7-9H,1,6,13H2,2H3,(H,14,15). The molecule has 0 aliphatic carbocycles. The lowest BCUT2D eigenvalue weighted by atomic mass is 10.2. The van der Waals surface area contributed by atoms with Gasteiger partial charge in [0.1, 0.15) is 0 Å². The Labute approximate surface area is 107 Å². The van der Waals surface area contributed by atoms with Crippen molar-refractivity contribution in [3.05, 3.63) is 36.9 Å². The van der Waals surface area contributed by atoms with Gasteiger partial charge in [0, 0.05) is 6.26 Å². The number of rotatable bonds is 5. The predicted molar refractivity (Wildman–Crippen MR) is 71.0 cm³/mol. The summed E-state index contributed by atoms with van der Waals surface area (Å²) >= 11 is 0. The van der Waals surface area contributed by atoms with Crippen molar-refractivity contribution in [2.24, 2.45) is 5.73 Å². The lowest BCUT2D eigenvalue weighted by Gasteiger charge is -2.12. The fourth-order valence-corrected chi connectivity index (χ4v) is 2.25. The van der Waals surface area contributed by atoms with E-state index in [0.29, 0.717) is 6.42 Å². The first kappa shape index (κ1) is 14.4. The SMILES string of the molecule is C=CCC(N)C(=O)Nc1ccccc1S(C)(=O)=O. The van der Waals surface area contributed by atoms with Crippen LogP contribution in [0.2, 0.25) is 0 Å². The number of benzene rings is 1. The van der Waals surface area contributed by atoms with Crippen LogP contribution >= 0.6 is 0 Å². The summed E-state index contributed by atoms with van der Waals surface area (Å²) in [6.45, 7) is 3.49. The van der Waals surface area contributed by atoms with Crippen LogP contribution in [-0.4, -0.2) is 26.6 Å². The third-order valence-electron chi connectivity index (χ3n) is 2.30. The molecule has 0 spiro atoms. The maximum atomic E-state index is 11.7. The molecule has 1 amide bonds. The van der Waals surface area contributed by atoms with E-state index in [1.165, 1.54) is 18.2 Å². The molecular weight excluding hydrogens is 252 g/mol. The summed E-state index contributed by atoms with van der Waals surface area (Å²) in [6.07, 6.45) is 2.95. The van der Waals surface area contributed by atoms with Crippen molar-refractivity contribution in [2.75, 3.05) is 11.6 Å². The Kier molecular flexibility index (Phi) is 4.63. The van der Waals surface area contributed by atoms with E-state index in [1.807, 2.05) is 0 Å². The quantitative estimate of drug-likeness (QED) is 0.777. The highest BCUT2D eigenvalue weighted by molar-refractivity contribution is 7.90. The Bertz CT molecular complexity index is 552. The molecule has 0 fully saturated rings. The van der Waals surface area contributed by atoms with Crippen molar-refractivity contribution >= 4 is 21.4 Å². The Balaban J connectivity index is 2.99. The second-order valence-corrected chi connectivity index (χ2v) is 5.87. The molecule has 98 valence electrons. The number of hydrogen-bond acceptors (Lipinski definition) is 4. The molecule has 1 rings (SSSR count). The zero-order valence-corrected chi connectivity index (χ0v) is 10.9. The van der Waals surface area contributed by atoms with E-state index in [2.05, 4.69) is 11.9 Å². The summed E-state index contributed by atoms with van der Waals surface area (Å²) in [7, 11) is -3.39. The fourth-order valence-electron chi connectivity index (χ4n) is 1.41. The molecule has 1 unspecified atom stereocenters. The van der Waals surface area contributed by atoms with Crippen LogP contribution in [0, 0.1) is 0 Å². The largest absolute Gasteiger partial charge is 0.324 e. The molecule has 0 saturated carbocycles. The van der Waals surface area contributed by atoms with E-state index in [9.17, 15) is 13.2 Å². The summed E-state index contributed by atoms with van der Waals surface area (Å²) in [5.74, 6) is -0.439. The smallest absolute Gasteiger partial charge is 0.241 e. The minimum atomic E-state index is -3.39. The van der Waals surface area contributed by atoms with E-state index in [-0.39, 0.29) is 10.6 Å². The van der Waals surface area contributed by atoms with Crippen LogP contribution in [0.25, 0.3) is 0 Å². The number of carbonyl (C=O) groups excluding carboxylic acids is 1. The van der Waals surface area contributed by atoms with Gasteiger partial charge in [0.2, 0.25) is 5.91 Å². The van der Waals surface area contributed by atoms with Crippen LogP contribution in [-0.2, 0) is 14.6 Å². The molecule has 0 aliphatic rings. The first-order chi connectivity index (χ1) is 8.36. The average molecular weight is 268 g/mol. The highest BCUT2D eigenvalue weighted by Gasteiger charge is 2.17. The molecule has 0 heterocycles.